The van der Waals surface area contributed by atoms with Gasteiger partial charge in [0.25, 0.3) is 0 Å². The molecule has 0 atom stereocenters. The second-order valence-electron chi connectivity index (χ2n) is 6.84. The molecule has 1 aromatic heterocycles. The Kier molecular flexibility index (Phi) is 7.71. The molecule has 0 bridgehead atoms. The number of hydrogen-bond donors (Lipinski definition) is 2. The van der Waals surface area contributed by atoms with Crippen LogP contribution in [0.1, 0.15) is 30.6 Å². The maximum Gasteiger partial charge on any atom is 0.243 e. The van der Waals surface area contributed by atoms with Crippen molar-refractivity contribution in [3.63, 3.8) is 0 Å². The number of aliphatic imine (C=N–C) groups is 1. The summed E-state index contributed by atoms with van der Waals surface area (Å²) in [5.41, 5.74) is 0.299. The largest absolute Gasteiger partial charge is 0.385 e. The molecule has 0 unspecified atom stereocenters. The van der Waals surface area contributed by atoms with Crippen LogP contribution in [-0.4, -0.2) is 57.7 Å². The lowest BCUT2D eigenvalue weighted by molar-refractivity contribution is -0.127. The van der Waals surface area contributed by atoms with Crippen molar-refractivity contribution in [2.75, 3.05) is 40.9 Å². The molecular weight excluding hydrogens is 336 g/mol. The number of ether oxygens (including phenoxy) is 1. The van der Waals surface area contributed by atoms with Crippen molar-refractivity contribution in [1.29, 1.82) is 0 Å². The summed E-state index contributed by atoms with van der Waals surface area (Å²) in [5, 5.41) is 8.85. The normalized spacial score (nSPS) is 16.2. The van der Waals surface area contributed by atoms with Gasteiger partial charge in [-0.3, -0.25) is 4.79 Å². The average molecular weight is 367 g/mol. The molecule has 2 N–H and O–H groups in total. The van der Waals surface area contributed by atoms with Crippen LogP contribution in [0.3, 0.4) is 0 Å². The molecule has 1 heterocycles. The predicted molar refractivity (Wildman–Crippen MR) is 103 cm³/mol. The maximum atomic E-state index is 11.8. The summed E-state index contributed by atoms with van der Waals surface area (Å²) in [6.45, 7) is 2.52. The number of hydrogen-bond acceptors (Lipinski definition) is 4. The third kappa shape index (κ3) is 6.32. The Morgan fingerprint density at radius 2 is 2.20 bits per heavy atom. The number of carbonyl (C=O) groups is 1. The Labute approximate surface area is 154 Å². The van der Waals surface area contributed by atoms with Crippen LogP contribution in [0.4, 0.5) is 0 Å². The van der Waals surface area contributed by atoms with E-state index in [1.54, 1.807) is 37.4 Å². The van der Waals surface area contributed by atoms with Gasteiger partial charge in [0.2, 0.25) is 5.91 Å². The summed E-state index contributed by atoms with van der Waals surface area (Å²) in [7, 11) is 5.25. The topological polar surface area (TPSA) is 66.0 Å². The van der Waals surface area contributed by atoms with Gasteiger partial charge in [0.05, 0.1) is 6.54 Å². The molecule has 1 amide bonds. The van der Waals surface area contributed by atoms with E-state index < -0.39 is 0 Å². The number of nitrogens with zero attached hydrogens (tertiary/aromatic N) is 2. The summed E-state index contributed by atoms with van der Waals surface area (Å²) in [5.74, 6) is 0.697. The molecule has 6 nitrogen and oxygen atoms in total. The molecule has 2 rings (SSSR count). The fourth-order valence-electron chi connectivity index (χ4n) is 2.83. The Morgan fingerprint density at radius 3 is 2.76 bits per heavy atom. The molecule has 0 spiro atoms. The lowest BCUT2D eigenvalue weighted by atomic mass is 9.67. The smallest absolute Gasteiger partial charge is 0.243 e. The van der Waals surface area contributed by atoms with E-state index in [4.69, 9.17) is 4.74 Å². The number of guanidine groups is 1. The number of carbonyl (C=O) groups excluding carboxylic acids is 1. The molecule has 25 heavy (non-hydrogen) atoms. The highest BCUT2D eigenvalue weighted by Gasteiger charge is 2.36. The van der Waals surface area contributed by atoms with Crippen LogP contribution in [0, 0.1) is 5.41 Å². The molecule has 0 aliphatic heterocycles. The number of nitrogens with one attached hydrogen (secondary N) is 2. The Bertz CT molecular complexity index is 553. The van der Waals surface area contributed by atoms with E-state index in [0.717, 1.165) is 19.6 Å². The number of likely N-dealkylation sites (N-methyl/N-ethyl adjacent to an activating group) is 1. The van der Waals surface area contributed by atoms with Crippen LogP contribution >= 0.6 is 11.3 Å². The van der Waals surface area contributed by atoms with Gasteiger partial charge < -0.3 is 20.3 Å². The zero-order chi connectivity index (χ0) is 18.1. The van der Waals surface area contributed by atoms with Crippen molar-refractivity contribution in [2.24, 2.45) is 10.4 Å². The molecule has 1 aliphatic carbocycles. The van der Waals surface area contributed by atoms with Crippen molar-refractivity contribution in [3.8, 4) is 0 Å². The minimum atomic E-state index is -0.00466. The minimum Gasteiger partial charge on any atom is -0.385 e. The van der Waals surface area contributed by atoms with E-state index in [1.165, 1.54) is 24.1 Å². The summed E-state index contributed by atoms with van der Waals surface area (Å²) in [4.78, 5) is 19.1. The van der Waals surface area contributed by atoms with Gasteiger partial charge in [-0.1, -0.05) is 12.5 Å². The molecule has 1 fully saturated rings. The molecule has 1 saturated carbocycles. The molecule has 7 heteroatoms. The van der Waals surface area contributed by atoms with Gasteiger partial charge in [-0.2, -0.15) is 0 Å². The van der Waals surface area contributed by atoms with Crippen molar-refractivity contribution >= 4 is 23.2 Å². The maximum absolute atomic E-state index is 11.8. The second kappa shape index (κ2) is 9.77. The third-order valence-corrected chi connectivity index (χ3v) is 5.64. The lowest BCUT2D eigenvalue weighted by Crippen LogP contribution is -2.47. The van der Waals surface area contributed by atoms with Crippen LogP contribution in [0.15, 0.2) is 22.5 Å². The summed E-state index contributed by atoms with van der Waals surface area (Å²) in [6, 6.07) is 4.13. The van der Waals surface area contributed by atoms with Crippen LogP contribution in [0.5, 0.6) is 0 Å². The van der Waals surface area contributed by atoms with Crippen molar-refractivity contribution in [3.05, 3.63) is 22.4 Å². The Hall–Kier alpha value is -1.60. The highest BCUT2D eigenvalue weighted by atomic mass is 32.1. The van der Waals surface area contributed by atoms with Crippen molar-refractivity contribution < 1.29 is 9.53 Å². The fourth-order valence-corrected chi connectivity index (χ4v) is 3.47. The van der Waals surface area contributed by atoms with Gasteiger partial charge in [0.15, 0.2) is 5.96 Å². The fraction of sp³-hybridized carbons (Fsp3) is 0.667. The summed E-state index contributed by atoms with van der Waals surface area (Å²) >= 11 is 1.71. The van der Waals surface area contributed by atoms with E-state index >= 15 is 0 Å². The Balaban J connectivity index is 1.92. The number of thiophene rings is 1. The van der Waals surface area contributed by atoms with Crippen LogP contribution < -0.4 is 10.6 Å². The quantitative estimate of drug-likeness (QED) is 0.519. The predicted octanol–water partition coefficient (Wildman–Crippen LogP) is 2.08. The zero-order valence-corrected chi connectivity index (χ0v) is 16.3. The monoisotopic (exact) mass is 366 g/mol. The first-order valence-electron chi connectivity index (χ1n) is 8.78. The number of rotatable bonds is 9. The minimum absolute atomic E-state index is 0.00466. The van der Waals surface area contributed by atoms with E-state index in [2.05, 4.69) is 27.1 Å². The molecular formula is C18H30N4O2S. The SMILES string of the molecule is COCCC1(CNC(=NCC(=O)N(C)C)NCc2cccs2)CCC1. The van der Waals surface area contributed by atoms with Crippen molar-refractivity contribution in [2.45, 2.75) is 32.2 Å². The van der Waals surface area contributed by atoms with E-state index in [1.807, 2.05) is 6.07 Å². The van der Waals surface area contributed by atoms with Gasteiger partial charge in [0, 0.05) is 39.2 Å². The van der Waals surface area contributed by atoms with Crippen molar-refractivity contribution in [1.82, 2.24) is 15.5 Å². The van der Waals surface area contributed by atoms with Crippen LogP contribution in [0.2, 0.25) is 0 Å². The van der Waals surface area contributed by atoms with E-state index in [-0.39, 0.29) is 12.5 Å². The highest BCUT2D eigenvalue weighted by molar-refractivity contribution is 7.09. The molecule has 0 saturated heterocycles. The molecule has 1 aliphatic rings. The standard InChI is InChI=1S/C18H30N4O2S/c1-22(2)16(23)13-20-17(19-12-15-6-4-11-25-15)21-14-18(7-5-8-18)9-10-24-3/h4,6,11H,5,7-10,12-14H2,1-3H3,(H2,19,20,21). The summed E-state index contributed by atoms with van der Waals surface area (Å²) in [6.07, 6.45) is 4.78. The third-order valence-electron chi connectivity index (χ3n) is 4.76. The lowest BCUT2D eigenvalue weighted by Gasteiger charge is -2.42. The van der Waals surface area contributed by atoms with Gasteiger partial charge >= 0.3 is 0 Å². The second-order valence-corrected chi connectivity index (χ2v) is 7.87. The molecule has 0 radical (unpaired) electrons. The first kappa shape index (κ1) is 19.7. The number of amides is 1. The van der Waals surface area contributed by atoms with E-state index in [0.29, 0.717) is 17.9 Å². The average Bonchev–Trinajstić information content (AvgIpc) is 3.08. The van der Waals surface area contributed by atoms with Gasteiger partial charge in [-0.15, -0.1) is 11.3 Å². The van der Waals surface area contributed by atoms with E-state index in [9.17, 15) is 4.79 Å². The molecule has 0 aromatic carbocycles. The number of methoxy groups -OCH3 is 1. The molecule has 1 aromatic rings. The summed E-state index contributed by atoms with van der Waals surface area (Å²) < 4.78 is 5.26. The Morgan fingerprint density at radius 1 is 1.40 bits per heavy atom. The van der Waals surface area contributed by atoms with Gasteiger partial charge in [0.1, 0.15) is 6.54 Å². The first-order valence-corrected chi connectivity index (χ1v) is 9.66. The zero-order valence-electron chi connectivity index (χ0n) is 15.5. The van der Waals surface area contributed by atoms with Gasteiger partial charge in [-0.25, -0.2) is 4.99 Å². The van der Waals surface area contributed by atoms with Gasteiger partial charge in [-0.05, 0) is 36.1 Å². The molecule has 140 valence electrons. The first-order chi connectivity index (χ1) is 12.0. The highest BCUT2D eigenvalue weighted by Crippen LogP contribution is 2.43. The van der Waals surface area contributed by atoms with Crippen LogP contribution in [0.25, 0.3) is 0 Å². The van der Waals surface area contributed by atoms with Crippen LogP contribution in [-0.2, 0) is 16.1 Å².